The Kier molecular flexibility index (Phi) is 6.96. The molecule has 2 atom stereocenters. The van der Waals surface area contributed by atoms with E-state index in [0.717, 1.165) is 79.0 Å². The van der Waals surface area contributed by atoms with Gasteiger partial charge in [-0.05, 0) is 69.3 Å². The molecule has 3 heterocycles. The van der Waals surface area contributed by atoms with E-state index in [-0.39, 0.29) is 12.1 Å². The minimum absolute atomic E-state index is 0.0353. The van der Waals surface area contributed by atoms with E-state index >= 15 is 0 Å². The van der Waals surface area contributed by atoms with Crippen LogP contribution in [0.2, 0.25) is 0 Å². The fourth-order valence-corrected chi connectivity index (χ4v) is 5.75. The number of carbonyl (C=O) groups excluding carboxylic acids is 1. The number of carboxylic acids is 1. The lowest BCUT2D eigenvalue weighted by Gasteiger charge is -2.34. The van der Waals surface area contributed by atoms with Gasteiger partial charge < -0.3 is 19.7 Å². The summed E-state index contributed by atoms with van der Waals surface area (Å²) in [6, 6.07) is 13.5. The van der Waals surface area contributed by atoms with E-state index in [9.17, 15) is 14.7 Å². The van der Waals surface area contributed by atoms with Gasteiger partial charge in [-0.2, -0.15) is 0 Å². The number of nitrogens with zero attached hydrogens (tertiary/aromatic N) is 3. The van der Waals surface area contributed by atoms with E-state index in [1.165, 1.54) is 7.11 Å². The summed E-state index contributed by atoms with van der Waals surface area (Å²) in [6.07, 6.45) is 3.74. The molecule has 0 saturated carbocycles. The van der Waals surface area contributed by atoms with E-state index in [0.29, 0.717) is 12.3 Å². The zero-order valence-electron chi connectivity index (χ0n) is 20.9. The minimum Gasteiger partial charge on any atom is -0.481 e. The first-order chi connectivity index (χ1) is 17.5. The average molecular weight is 491 g/mol. The van der Waals surface area contributed by atoms with E-state index < -0.39 is 11.9 Å². The number of methoxy groups -OCH3 is 1. The summed E-state index contributed by atoms with van der Waals surface area (Å²) < 4.78 is 7.32. The minimum atomic E-state index is -0.852. The van der Waals surface area contributed by atoms with Crippen molar-refractivity contribution in [1.29, 1.82) is 0 Å². The molecule has 1 saturated heterocycles. The number of rotatable bonds is 6. The lowest BCUT2D eigenvalue weighted by Crippen LogP contribution is -2.42. The second-order valence-electron chi connectivity index (χ2n) is 10.00. The Bertz CT molecular complexity index is 1250. The van der Waals surface area contributed by atoms with Crippen LogP contribution in [0, 0.1) is 5.92 Å². The molecule has 0 aliphatic carbocycles. The second kappa shape index (κ2) is 10.3. The van der Waals surface area contributed by atoms with E-state index in [1.54, 1.807) is 4.90 Å². The number of nitrogens with one attached hydrogen (secondary N) is 1. The second-order valence-corrected chi connectivity index (χ2v) is 10.00. The van der Waals surface area contributed by atoms with Gasteiger partial charge in [-0.1, -0.05) is 30.3 Å². The van der Waals surface area contributed by atoms with Crippen molar-refractivity contribution in [1.82, 2.24) is 14.9 Å². The van der Waals surface area contributed by atoms with Crippen molar-refractivity contribution in [3.05, 3.63) is 59.4 Å². The van der Waals surface area contributed by atoms with Gasteiger partial charge in [-0.3, -0.25) is 9.69 Å². The molecule has 2 aliphatic heterocycles. The average Bonchev–Trinajstić information content (AvgIpc) is 3.24. The molecule has 0 radical (unpaired) electrons. The smallest absolute Gasteiger partial charge is 0.414 e. The zero-order chi connectivity index (χ0) is 25.2. The standard InChI is InChI=1S/C28H34N4O4/c1-18-8-9-21-23(32(18)28(35)36-2)10-11-24-26(21)30-25(31(24)17-19-12-14-29-15-13-19)16-22(27(33)34)20-6-4-3-5-7-20/h3-7,10-11,18-19,22,29H,8-9,12-17H2,1-2H3,(H,33,34). The number of ether oxygens (including phenoxy) is 1. The highest BCUT2D eigenvalue weighted by molar-refractivity contribution is 5.95. The number of hydrogen-bond donors (Lipinski definition) is 2. The monoisotopic (exact) mass is 490 g/mol. The summed E-state index contributed by atoms with van der Waals surface area (Å²) in [5.41, 5.74) is 4.53. The maximum atomic E-state index is 12.6. The normalized spacial score (nSPS) is 19.2. The number of piperidine rings is 1. The van der Waals surface area contributed by atoms with Gasteiger partial charge in [0.2, 0.25) is 0 Å². The molecule has 2 aromatic carbocycles. The predicted octanol–water partition coefficient (Wildman–Crippen LogP) is 4.35. The number of amides is 1. The summed E-state index contributed by atoms with van der Waals surface area (Å²) in [4.78, 5) is 31.7. The van der Waals surface area contributed by atoms with Crippen molar-refractivity contribution in [2.45, 2.75) is 57.5 Å². The molecular weight excluding hydrogens is 456 g/mol. The lowest BCUT2D eigenvalue weighted by molar-refractivity contribution is -0.138. The third kappa shape index (κ3) is 4.57. The molecule has 36 heavy (non-hydrogen) atoms. The number of carboxylic acid groups (broad SMARTS) is 1. The van der Waals surface area contributed by atoms with Gasteiger partial charge in [0.15, 0.2) is 0 Å². The van der Waals surface area contributed by atoms with Gasteiger partial charge in [0.1, 0.15) is 5.82 Å². The molecule has 1 amide bonds. The molecule has 1 aromatic heterocycles. The zero-order valence-corrected chi connectivity index (χ0v) is 20.9. The maximum Gasteiger partial charge on any atom is 0.414 e. The quantitative estimate of drug-likeness (QED) is 0.533. The van der Waals surface area contributed by atoms with Crippen molar-refractivity contribution in [3.63, 3.8) is 0 Å². The van der Waals surface area contributed by atoms with Crippen LogP contribution in [-0.2, 0) is 28.9 Å². The first kappa shape index (κ1) is 24.3. The van der Waals surface area contributed by atoms with Gasteiger partial charge in [0.25, 0.3) is 0 Å². The fraction of sp³-hybridized carbons (Fsp3) is 0.464. The molecular formula is C28H34N4O4. The van der Waals surface area contributed by atoms with E-state index in [1.807, 2.05) is 49.4 Å². The van der Waals surface area contributed by atoms with Crippen molar-refractivity contribution in [3.8, 4) is 0 Å². The van der Waals surface area contributed by atoms with Crippen LogP contribution < -0.4 is 10.2 Å². The number of anilines is 1. The summed E-state index contributed by atoms with van der Waals surface area (Å²) in [7, 11) is 1.41. The number of carbonyl (C=O) groups is 2. The Morgan fingerprint density at radius 2 is 1.89 bits per heavy atom. The fourth-order valence-electron chi connectivity index (χ4n) is 5.75. The Labute approximate surface area is 211 Å². The lowest BCUT2D eigenvalue weighted by atomic mass is 9.95. The number of aliphatic carboxylic acids is 1. The van der Waals surface area contributed by atoms with Crippen molar-refractivity contribution < 1.29 is 19.4 Å². The predicted molar refractivity (Wildman–Crippen MR) is 139 cm³/mol. The highest BCUT2D eigenvalue weighted by Gasteiger charge is 2.32. The maximum absolute atomic E-state index is 12.6. The Morgan fingerprint density at radius 1 is 1.14 bits per heavy atom. The molecule has 8 nitrogen and oxygen atoms in total. The molecule has 2 N–H and O–H groups in total. The number of fused-ring (bicyclic) bond motifs is 3. The number of hydrogen-bond acceptors (Lipinski definition) is 5. The SMILES string of the molecule is COC(=O)N1c2ccc3c(nc(CC(C(=O)O)c4ccccc4)n3CC3CCNCC3)c2CCC1C. The van der Waals surface area contributed by atoms with E-state index in [4.69, 9.17) is 9.72 Å². The molecule has 2 aliphatic rings. The van der Waals surface area contributed by atoms with Crippen LogP contribution >= 0.6 is 0 Å². The third-order valence-electron chi connectivity index (χ3n) is 7.75. The van der Waals surface area contributed by atoms with Crippen molar-refractivity contribution in [2.24, 2.45) is 5.92 Å². The van der Waals surface area contributed by atoms with E-state index in [2.05, 4.69) is 9.88 Å². The van der Waals surface area contributed by atoms with Crippen LogP contribution in [0.1, 0.15) is 49.1 Å². The largest absolute Gasteiger partial charge is 0.481 e. The molecule has 3 aromatic rings. The topological polar surface area (TPSA) is 96.7 Å². The van der Waals surface area contributed by atoms with Gasteiger partial charge in [0, 0.05) is 24.6 Å². The first-order valence-electron chi connectivity index (χ1n) is 12.8. The summed E-state index contributed by atoms with van der Waals surface area (Å²) in [6.45, 7) is 4.83. The number of imidazole rings is 1. The van der Waals surface area contributed by atoms with Crippen molar-refractivity contribution in [2.75, 3.05) is 25.1 Å². The molecule has 8 heteroatoms. The molecule has 1 fully saturated rings. The highest BCUT2D eigenvalue weighted by Crippen LogP contribution is 2.37. The number of aromatic nitrogens is 2. The Hall–Kier alpha value is -3.39. The Balaban J connectivity index is 1.61. The highest BCUT2D eigenvalue weighted by atomic mass is 16.5. The van der Waals surface area contributed by atoms with Crippen LogP contribution in [0.25, 0.3) is 11.0 Å². The molecule has 190 valence electrons. The number of aryl methyl sites for hydroxylation is 1. The van der Waals surface area contributed by atoms with Crippen LogP contribution in [-0.4, -0.2) is 53.0 Å². The summed E-state index contributed by atoms with van der Waals surface area (Å²) >= 11 is 0. The van der Waals surface area contributed by atoms with Crippen LogP contribution in [0.4, 0.5) is 10.5 Å². The van der Waals surface area contributed by atoms with Gasteiger partial charge in [-0.25, -0.2) is 9.78 Å². The third-order valence-corrected chi connectivity index (χ3v) is 7.75. The molecule has 2 unspecified atom stereocenters. The molecule has 0 spiro atoms. The van der Waals surface area contributed by atoms with Crippen molar-refractivity contribution >= 4 is 28.8 Å². The molecule has 5 rings (SSSR count). The van der Waals surface area contributed by atoms with Gasteiger partial charge in [-0.15, -0.1) is 0 Å². The Morgan fingerprint density at radius 3 is 2.58 bits per heavy atom. The van der Waals surface area contributed by atoms with Crippen LogP contribution in [0.15, 0.2) is 42.5 Å². The summed E-state index contributed by atoms with van der Waals surface area (Å²) in [5.74, 6) is -0.243. The molecule has 0 bridgehead atoms. The van der Waals surface area contributed by atoms with Crippen LogP contribution in [0.3, 0.4) is 0 Å². The van der Waals surface area contributed by atoms with Gasteiger partial charge in [0.05, 0.1) is 29.7 Å². The van der Waals surface area contributed by atoms with Gasteiger partial charge >= 0.3 is 12.1 Å². The van der Waals surface area contributed by atoms with Crippen LogP contribution in [0.5, 0.6) is 0 Å². The summed E-state index contributed by atoms with van der Waals surface area (Å²) in [5, 5.41) is 13.5. The first-order valence-corrected chi connectivity index (χ1v) is 12.8. The number of benzene rings is 2.